The molecule has 2 fully saturated rings. The molecule has 39 heavy (non-hydrogen) atoms. The highest BCUT2D eigenvalue weighted by Crippen LogP contribution is 2.57. The van der Waals surface area contributed by atoms with Gasteiger partial charge in [-0.3, -0.25) is 4.79 Å². The maximum atomic E-state index is 13.9. The molecule has 1 aliphatic carbocycles. The number of amides is 1. The van der Waals surface area contributed by atoms with E-state index < -0.39 is 23.2 Å². The number of carbonyl (C=O) groups is 1. The third kappa shape index (κ3) is 4.38. The lowest BCUT2D eigenvalue weighted by Crippen LogP contribution is -2.43. The number of fused-ring (bicyclic) bond motifs is 2. The summed E-state index contributed by atoms with van der Waals surface area (Å²) in [6.07, 6.45) is -2.49. The molecule has 2 aliphatic heterocycles. The SMILES string of the molecule is COc1cc(N2CCNCC2)ccc1Nc1ncc(C(F)(F)F)c(Oc2cccc3c2C(=O)N(C)C32CC2)n1. The maximum Gasteiger partial charge on any atom is 0.423 e. The number of methoxy groups -OCH3 is 1. The van der Waals surface area contributed by atoms with Crippen molar-refractivity contribution in [2.24, 2.45) is 0 Å². The first-order chi connectivity index (χ1) is 18.7. The van der Waals surface area contributed by atoms with Gasteiger partial charge in [-0.2, -0.15) is 18.2 Å². The zero-order valence-electron chi connectivity index (χ0n) is 21.4. The van der Waals surface area contributed by atoms with Gasteiger partial charge in [0.15, 0.2) is 0 Å². The van der Waals surface area contributed by atoms with Crippen LogP contribution in [0.3, 0.4) is 0 Å². The Morgan fingerprint density at radius 2 is 1.87 bits per heavy atom. The number of nitrogens with one attached hydrogen (secondary N) is 2. The first-order valence-corrected chi connectivity index (χ1v) is 12.7. The fourth-order valence-corrected chi connectivity index (χ4v) is 5.32. The summed E-state index contributed by atoms with van der Waals surface area (Å²) in [6, 6.07) is 10.5. The van der Waals surface area contributed by atoms with Gasteiger partial charge < -0.3 is 29.9 Å². The summed E-state index contributed by atoms with van der Waals surface area (Å²) < 4.78 is 53.0. The number of nitrogens with zero attached hydrogens (tertiary/aromatic N) is 4. The molecule has 1 aromatic heterocycles. The first-order valence-electron chi connectivity index (χ1n) is 12.7. The minimum absolute atomic E-state index is 0.0289. The van der Waals surface area contributed by atoms with Gasteiger partial charge in [0.1, 0.15) is 17.1 Å². The zero-order valence-corrected chi connectivity index (χ0v) is 21.4. The number of anilines is 3. The standard InChI is InChI=1S/C27H27F3N6O3/c1-35-24(37)22-17(26(35)8-9-26)4-3-5-20(22)39-23-18(27(28,29)30)15-32-25(34-23)33-19-7-6-16(14-21(19)38-2)36-12-10-31-11-13-36/h3-7,14-15,31H,8-13H2,1-2H3,(H,32,33,34). The predicted molar refractivity (Wildman–Crippen MR) is 138 cm³/mol. The molecule has 3 aliphatic rings. The second-order valence-corrected chi connectivity index (χ2v) is 9.83. The summed E-state index contributed by atoms with van der Waals surface area (Å²) in [7, 11) is 3.22. The lowest BCUT2D eigenvalue weighted by molar-refractivity contribution is -0.139. The average Bonchev–Trinajstić information content (AvgIpc) is 3.71. The summed E-state index contributed by atoms with van der Waals surface area (Å²) in [5, 5.41) is 6.25. The van der Waals surface area contributed by atoms with Gasteiger partial charge in [-0.15, -0.1) is 0 Å². The molecule has 9 nitrogen and oxygen atoms in total. The molecular formula is C27H27F3N6O3. The van der Waals surface area contributed by atoms with Crippen LogP contribution in [-0.4, -0.2) is 61.1 Å². The molecule has 0 radical (unpaired) electrons. The molecule has 3 aromatic rings. The van der Waals surface area contributed by atoms with Crippen molar-refractivity contribution in [3.63, 3.8) is 0 Å². The number of hydrogen-bond acceptors (Lipinski definition) is 8. The second kappa shape index (κ2) is 9.30. The summed E-state index contributed by atoms with van der Waals surface area (Å²) in [5.41, 5.74) is 0.940. The van der Waals surface area contributed by atoms with Crippen molar-refractivity contribution in [2.75, 3.05) is 50.6 Å². The van der Waals surface area contributed by atoms with E-state index in [1.165, 1.54) is 13.2 Å². The Morgan fingerprint density at radius 3 is 2.56 bits per heavy atom. The molecule has 1 saturated heterocycles. The van der Waals surface area contributed by atoms with Gasteiger partial charge in [0.25, 0.3) is 5.91 Å². The maximum absolute atomic E-state index is 13.9. The lowest BCUT2D eigenvalue weighted by atomic mass is 10.0. The topological polar surface area (TPSA) is 91.8 Å². The van der Waals surface area contributed by atoms with Gasteiger partial charge in [0.05, 0.1) is 23.9 Å². The number of alkyl halides is 3. The highest BCUT2D eigenvalue weighted by atomic mass is 19.4. The van der Waals surface area contributed by atoms with Crippen molar-refractivity contribution in [3.05, 3.63) is 59.3 Å². The van der Waals surface area contributed by atoms with E-state index in [1.54, 1.807) is 24.1 Å². The summed E-state index contributed by atoms with van der Waals surface area (Å²) >= 11 is 0. The van der Waals surface area contributed by atoms with Crippen molar-refractivity contribution >= 4 is 23.2 Å². The molecule has 2 aromatic carbocycles. The Hall–Kier alpha value is -4.06. The van der Waals surface area contributed by atoms with E-state index in [4.69, 9.17) is 9.47 Å². The number of aromatic nitrogens is 2. The molecule has 204 valence electrons. The monoisotopic (exact) mass is 540 g/mol. The number of rotatable bonds is 6. The van der Waals surface area contributed by atoms with E-state index >= 15 is 0 Å². The van der Waals surface area contributed by atoms with Crippen LogP contribution in [0, 0.1) is 0 Å². The van der Waals surface area contributed by atoms with Crippen molar-refractivity contribution in [1.29, 1.82) is 0 Å². The minimum Gasteiger partial charge on any atom is -0.494 e. The minimum atomic E-state index is -4.77. The van der Waals surface area contributed by atoms with E-state index in [2.05, 4.69) is 25.5 Å². The predicted octanol–water partition coefficient (Wildman–Crippen LogP) is 4.52. The van der Waals surface area contributed by atoms with E-state index in [1.807, 2.05) is 18.2 Å². The van der Waals surface area contributed by atoms with Crippen LogP contribution in [0.5, 0.6) is 17.4 Å². The van der Waals surface area contributed by atoms with Crippen molar-refractivity contribution in [2.45, 2.75) is 24.6 Å². The zero-order chi connectivity index (χ0) is 27.4. The fourth-order valence-electron chi connectivity index (χ4n) is 5.32. The van der Waals surface area contributed by atoms with Gasteiger partial charge in [-0.1, -0.05) is 12.1 Å². The number of carbonyl (C=O) groups excluding carboxylic acids is 1. The van der Waals surface area contributed by atoms with Gasteiger partial charge in [-0.05, 0) is 36.6 Å². The molecule has 3 heterocycles. The van der Waals surface area contributed by atoms with Crippen molar-refractivity contribution < 1.29 is 27.4 Å². The number of benzene rings is 2. The van der Waals surface area contributed by atoms with Gasteiger partial charge >= 0.3 is 6.18 Å². The average molecular weight is 541 g/mol. The molecule has 0 bridgehead atoms. The van der Waals surface area contributed by atoms with Crippen molar-refractivity contribution in [3.8, 4) is 17.4 Å². The third-order valence-electron chi connectivity index (χ3n) is 7.59. The number of ether oxygens (including phenoxy) is 2. The number of hydrogen-bond donors (Lipinski definition) is 2. The molecule has 0 unspecified atom stereocenters. The Kier molecular flexibility index (Phi) is 6.01. The summed E-state index contributed by atoms with van der Waals surface area (Å²) in [6.45, 7) is 3.44. The summed E-state index contributed by atoms with van der Waals surface area (Å²) in [5.74, 6) is -0.575. The van der Waals surface area contributed by atoms with Crippen molar-refractivity contribution in [1.82, 2.24) is 20.2 Å². The van der Waals surface area contributed by atoms with Crippen LogP contribution in [0.15, 0.2) is 42.6 Å². The Balaban J connectivity index is 1.33. The summed E-state index contributed by atoms with van der Waals surface area (Å²) in [4.78, 5) is 24.8. The normalized spacial score (nSPS) is 17.8. The van der Waals surface area contributed by atoms with Crippen LogP contribution in [-0.2, 0) is 11.7 Å². The number of piperazine rings is 1. The quantitative estimate of drug-likeness (QED) is 0.472. The fraction of sp³-hybridized carbons (Fsp3) is 0.370. The van der Waals surface area contributed by atoms with E-state index in [0.29, 0.717) is 17.6 Å². The molecule has 1 spiro atoms. The first kappa shape index (κ1) is 25.2. The Labute approximate surface area is 222 Å². The molecule has 1 saturated carbocycles. The van der Waals surface area contributed by atoms with Gasteiger partial charge in [0, 0.05) is 51.2 Å². The molecule has 12 heteroatoms. The van der Waals surface area contributed by atoms with E-state index in [9.17, 15) is 18.0 Å². The van der Waals surface area contributed by atoms with Crippen LogP contribution in [0.2, 0.25) is 0 Å². The van der Waals surface area contributed by atoms with Crippen LogP contribution in [0.25, 0.3) is 0 Å². The third-order valence-corrected chi connectivity index (χ3v) is 7.59. The van der Waals surface area contributed by atoms with Crippen LogP contribution < -0.4 is 25.0 Å². The smallest absolute Gasteiger partial charge is 0.423 e. The number of halogens is 3. The van der Waals surface area contributed by atoms with E-state index in [0.717, 1.165) is 50.3 Å². The largest absolute Gasteiger partial charge is 0.494 e. The molecular weight excluding hydrogens is 513 g/mol. The van der Waals surface area contributed by atoms with Crippen LogP contribution in [0.1, 0.15) is 34.3 Å². The van der Waals surface area contributed by atoms with E-state index in [-0.39, 0.29) is 23.2 Å². The highest BCUT2D eigenvalue weighted by molar-refractivity contribution is 6.03. The van der Waals surface area contributed by atoms with Gasteiger partial charge in [-0.25, -0.2) is 4.98 Å². The Morgan fingerprint density at radius 1 is 1.10 bits per heavy atom. The Bertz CT molecular complexity index is 1440. The molecule has 6 rings (SSSR count). The van der Waals surface area contributed by atoms with Crippen LogP contribution >= 0.6 is 0 Å². The molecule has 1 amide bonds. The van der Waals surface area contributed by atoms with Gasteiger partial charge in [0.2, 0.25) is 11.8 Å². The second-order valence-electron chi connectivity index (χ2n) is 9.83. The molecule has 2 N–H and O–H groups in total. The lowest BCUT2D eigenvalue weighted by Gasteiger charge is -2.30. The highest BCUT2D eigenvalue weighted by Gasteiger charge is 2.57. The van der Waals surface area contributed by atoms with Crippen LogP contribution in [0.4, 0.5) is 30.5 Å². The molecule has 0 atom stereocenters.